The summed E-state index contributed by atoms with van der Waals surface area (Å²) in [5.41, 5.74) is 1.35. The summed E-state index contributed by atoms with van der Waals surface area (Å²) in [6, 6.07) is 2.04. The van der Waals surface area contributed by atoms with Crippen LogP contribution in [0.5, 0.6) is 0 Å². The Kier molecular flexibility index (Phi) is 7.00. The highest BCUT2D eigenvalue weighted by Crippen LogP contribution is 2.26. The van der Waals surface area contributed by atoms with E-state index in [4.69, 9.17) is 10.1 Å². The van der Waals surface area contributed by atoms with E-state index in [1.807, 2.05) is 6.07 Å². The summed E-state index contributed by atoms with van der Waals surface area (Å²) >= 11 is 0. The van der Waals surface area contributed by atoms with E-state index in [0.29, 0.717) is 24.2 Å². The van der Waals surface area contributed by atoms with Gasteiger partial charge >= 0.3 is 5.97 Å². The maximum absolute atomic E-state index is 11.4. The number of esters is 1. The van der Waals surface area contributed by atoms with Gasteiger partial charge in [-0.3, -0.25) is 4.79 Å². The summed E-state index contributed by atoms with van der Waals surface area (Å²) in [4.78, 5) is 20.3. The van der Waals surface area contributed by atoms with Gasteiger partial charge in [-0.15, -0.1) is 0 Å². The van der Waals surface area contributed by atoms with Crippen molar-refractivity contribution in [1.29, 1.82) is 5.41 Å². The van der Waals surface area contributed by atoms with Gasteiger partial charge in [-0.2, -0.15) is 4.98 Å². The van der Waals surface area contributed by atoms with Crippen molar-refractivity contribution in [2.45, 2.75) is 45.6 Å². The van der Waals surface area contributed by atoms with Crippen LogP contribution in [0.4, 0.5) is 5.95 Å². The molecule has 0 aromatic carbocycles. The van der Waals surface area contributed by atoms with E-state index in [1.54, 1.807) is 19.3 Å². The molecule has 2 heterocycles. The van der Waals surface area contributed by atoms with Gasteiger partial charge in [-0.1, -0.05) is 19.3 Å². The van der Waals surface area contributed by atoms with Crippen molar-refractivity contribution in [1.82, 2.24) is 19.9 Å². The minimum absolute atomic E-state index is 0.0387. The van der Waals surface area contributed by atoms with Crippen LogP contribution in [0.15, 0.2) is 30.4 Å². The number of anilines is 1. The van der Waals surface area contributed by atoms with Crippen LogP contribution in [0, 0.1) is 11.3 Å². The molecule has 2 aromatic rings. The predicted molar refractivity (Wildman–Crippen MR) is 109 cm³/mol. The number of carbonyl (C=O) groups is 1. The molecular weight excluding hydrogens is 356 g/mol. The Morgan fingerprint density at radius 3 is 2.96 bits per heavy atom. The van der Waals surface area contributed by atoms with Crippen LogP contribution in [0.25, 0.3) is 11.0 Å². The van der Waals surface area contributed by atoms with Crippen molar-refractivity contribution in [3.05, 3.63) is 30.4 Å². The van der Waals surface area contributed by atoms with Crippen LogP contribution in [0.1, 0.15) is 39.0 Å². The molecule has 28 heavy (non-hydrogen) atoms. The number of aromatic nitrogens is 3. The third-order valence-corrected chi connectivity index (χ3v) is 4.90. The highest BCUT2D eigenvalue weighted by Gasteiger charge is 2.15. The summed E-state index contributed by atoms with van der Waals surface area (Å²) < 4.78 is 7.05. The third-order valence-electron chi connectivity index (χ3n) is 4.90. The zero-order valence-corrected chi connectivity index (χ0v) is 16.3. The highest BCUT2D eigenvalue weighted by atomic mass is 16.5. The maximum Gasteiger partial charge on any atom is 0.325 e. The Balaban J connectivity index is 1.67. The van der Waals surface area contributed by atoms with Crippen molar-refractivity contribution in [2.75, 3.05) is 18.5 Å². The quantitative estimate of drug-likeness (QED) is 0.453. The number of hydrogen-bond donors (Lipinski definition) is 3. The van der Waals surface area contributed by atoms with Crippen LogP contribution in [-0.4, -0.2) is 39.9 Å². The number of nitrogens with one attached hydrogen (secondary N) is 3. The molecule has 8 heteroatoms. The zero-order chi connectivity index (χ0) is 19.8. The maximum atomic E-state index is 11.4. The van der Waals surface area contributed by atoms with Gasteiger partial charge in [0.1, 0.15) is 12.2 Å². The number of rotatable bonds is 9. The van der Waals surface area contributed by atoms with Crippen molar-refractivity contribution >= 4 is 29.2 Å². The van der Waals surface area contributed by atoms with E-state index in [0.717, 1.165) is 23.8 Å². The average Bonchev–Trinajstić information content (AvgIpc) is 3.10. The molecule has 0 aliphatic heterocycles. The van der Waals surface area contributed by atoms with E-state index in [9.17, 15) is 4.79 Å². The monoisotopic (exact) mass is 384 g/mol. The fraction of sp³-hybridized carbons (Fsp3) is 0.500. The SMILES string of the molecule is CCOC(=O)CN/C=C(\C=N)Nc1ncc2ccn(CC3CCCCC3)c2n1. The molecule has 0 radical (unpaired) electrons. The van der Waals surface area contributed by atoms with E-state index in [1.165, 1.54) is 32.1 Å². The third kappa shape index (κ3) is 5.31. The lowest BCUT2D eigenvalue weighted by Crippen LogP contribution is -2.21. The average molecular weight is 384 g/mol. The number of ether oxygens (including phenoxy) is 1. The molecular formula is C20H28N6O2. The molecule has 1 aliphatic rings. The second-order valence-electron chi connectivity index (χ2n) is 7.00. The molecule has 8 nitrogen and oxygen atoms in total. The Morgan fingerprint density at radius 1 is 1.39 bits per heavy atom. The molecule has 0 atom stereocenters. The first kappa shape index (κ1) is 19.9. The first-order valence-electron chi connectivity index (χ1n) is 9.88. The Morgan fingerprint density at radius 2 is 2.21 bits per heavy atom. The first-order chi connectivity index (χ1) is 13.7. The Labute approximate surface area is 164 Å². The molecule has 2 aromatic heterocycles. The minimum Gasteiger partial charge on any atom is -0.465 e. The van der Waals surface area contributed by atoms with Gasteiger partial charge in [0.05, 0.1) is 12.3 Å². The second kappa shape index (κ2) is 9.87. The van der Waals surface area contributed by atoms with Gasteiger partial charge in [0.15, 0.2) is 0 Å². The molecule has 1 fully saturated rings. The van der Waals surface area contributed by atoms with E-state index in [2.05, 4.69) is 31.4 Å². The lowest BCUT2D eigenvalue weighted by molar-refractivity contribution is -0.141. The van der Waals surface area contributed by atoms with Crippen LogP contribution in [0.2, 0.25) is 0 Å². The fourth-order valence-electron chi connectivity index (χ4n) is 3.53. The van der Waals surface area contributed by atoms with Gasteiger partial charge in [0, 0.05) is 36.7 Å². The normalized spacial score (nSPS) is 15.4. The number of carbonyl (C=O) groups excluding carboxylic acids is 1. The van der Waals surface area contributed by atoms with Crippen molar-refractivity contribution in [2.24, 2.45) is 5.92 Å². The van der Waals surface area contributed by atoms with Crippen LogP contribution >= 0.6 is 0 Å². The second-order valence-corrected chi connectivity index (χ2v) is 7.00. The number of hydrogen-bond acceptors (Lipinski definition) is 7. The molecule has 3 N–H and O–H groups in total. The molecule has 0 spiro atoms. The molecule has 3 rings (SSSR count). The number of nitrogens with zero attached hydrogens (tertiary/aromatic N) is 3. The number of fused-ring (bicyclic) bond motifs is 1. The fourth-order valence-corrected chi connectivity index (χ4v) is 3.53. The van der Waals surface area contributed by atoms with Gasteiger partial charge < -0.3 is 25.3 Å². The van der Waals surface area contributed by atoms with E-state index < -0.39 is 0 Å². The topological polar surface area (TPSA) is 105 Å². The van der Waals surface area contributed by atoms with Crippen molar-refractivity contribution < 1.29 is 9.53 Å². The standard InChI is InChI=1S/C20H28N6O2/c1-2-28-18(27)13-22-12-17(10-21)24-20-23-11-16-8-9-26(19(16)25-20)14-15-6-4-3-5-7-15/h8-12,15,21-22H,2-7,13-14H2,1H3,(H,23,24,25)/b17-12+,21-10?. The summed E-state index contributed by atoms with van der Waals surface area (Å²) in [7, 11) is 0. The van der Waals surface area contributed by atoms with Gasteiger partial charge in [-0.05, 0) is 31.7 Å². The predicted octanol–water partition coefficient (Wildman–Crippen LogP) is 3.07. The highest BCUT2D eigenvalue weighted by molar-refractivity contribution is 5.81. The molecule has 0 amide bonds. The van der Waals surface area contributed by atoms with Crippen molar-refractivity contribution in [3.8, 4) is 0 Å². The van der Waals surface area contributed by atoms with E-state index in [-0.39, 0.29) is 12.5 Å². The van der Waals surface area contributed by atoms with Gasteiger partial charge in [0.2, 0.25) is 5.95 Å². The Hall–Kier alpha value is -2.90. The summed E-state index contributed by atoms with van der Waals surface area (Å²) in [6.07, 6.45) is 13.1. The lowest BCUT2D eigenvalue weighted by Gasteiger charge is -2.22. The zero-order valence-electron chi connectivity index (χ0n) is 16.3. The van der Waals surface area contributed by atoms with Crippen LogP contribution in [0.3, 0.4) is 0 Å². The Bertz CT molecular complexity index is 838. The number of allylic oxidation sites excluding steroid dienone is 1. The van der Waals surface area contributed by atoms with Gasteiger partial charge in [0.25, 0.3) is 0 Å². The minimum atomic E-state index is -0.346. The van der Waals surface area contributed by atoms with Gasteiger partial charge in [-0.25, -0.2) is 4.98 Å². The molecule has 1 aliphatic carbocycles. The summed E-state index contributed by atoms with van der Waals surface area (Å²) in [5, 5.41) is 14.4. The van der Waals surface area contributed by atoms with Crippen molar-refractivity contribution in [3.63, 3.8) is 0 Å². The summed E-state index contributed by atoms with van der Waals surface area (Å²) in [5.74, 6) is 0.782. The molecule has 0 unspecified atom stereocenters. The van der Waals surface area contributed by atoms with Crippen LogP contribution in [-0.2, 0) is 16.1 Å². The molecule has 150 valence electrons. The largest absolute Gasteiger partial charge is 0.465 e. The molecule has 0 bridgehead atoms. The summed E-state index contributed by atoms with van der Waals surface area (Å²) in [6.45, 7) is 3.12. The molecule has 1 saturated carbocycles. The first-order valence-corrected chi connectivity index (χ1v) is 9.88. The van der Waals surface area contributed by atoms with E-state index >= 15 is 0 Å². The lowest BCUT2D eigenvalue weighted by atomic mass is 9.89. The smallest absolute Gasteiger partial charge is 0.325 e. The molecule has 0 saturated heterocycles. The van der Waals surface area contributed by atoms with Crippen LogP contribution < -0.4 is 10.6 Å².